The number of tetrazole rings is 1. The molecule has 2 N–H and O–H groups in total. The molecule has 148 valence electrons. The summed E-state index contributed by atoms with van der Waals surface area (Å²) < 4.78 is 40.6. The van der Waals surface area contributed by atoms with Gasteiger partial charge in [-0.15, -0.1) is 20.7 Å². The Bertz CT molecular complexity index is 973. The summed E-state index contributed by atoms with van der Waals surface area (Å²) in [6.07, 6.45) is -3.37. The van der Waals surface area contributed by atoms with E-state index in [0.717, 1.165) is 30.3 Å². The van der Waals surface area contributed by atoms with Gasteiger partial charge in [-0.1, -0.05) is 0 Å². The Hall–Kier alpha value is -2.73. The van der Waals surface area contributed by atoms with Crippen LogP contribution in [0.4, 0.5) is 19.0 Å². The fourth-order valence-corrected chi connectivity index (χ4v) is 3.79. The van der Waals surface area contributed by atoms with E-state index in [1.54, 1.807) is 6.07 Å². The van der Waals surface area contributed by atoms with Gasteiger partial charge in [0.05, 0.1) is 5.56 Å². The molecular formula is C16H18F3N7OS+2. The van der Waals surface area contributed by atoms with Crippen LogP contribution < -0.4 is 20.5 Å². The molecular weight excluding hydrogens is 395 g/mol. The molecule has 0 saturated carbocycles. The summed E-state index contributed by atoms with van der Waals surface area (Å²) in [5, 5.41) is 10.5. The number of rotatable bonds is 4. The number of pyridine rings is 1. The standard InChI is InChI=1S/C16H16F3N7OS/c17-16(18,19)12-3-4-13(20-10-12)24-7-5-23(6-8-24)11-25-15(27)26(22-21-25)14-2-1-9-28-14/h1-4,9-10H,5-8,11H2/p+2. The van der Waals surface area contributed by atoms with Crippen molar-refractivity contribution in [3.63, 3.8) is 0 Å². The Labute approximate surface area is 161 Å². The minimum absolute atomic E-state index is 0.284. The molecule has 0 aromatic carbocycles. The van der Waals surface area contributed by atoms with Gasteiger partial charge in [0.15, 0.2) is 6.67 Å². The summed E-state index contributed by atoms with van der Waals surface area (Å²) in [6.45, 7) is 3.17. The molecule has 0 amide bonds. The van der Waals surface area contributed by atoms with Crippen molar-refractivity contribution in [1.29, 1.82) is 0 Å². The molecule has 4 rings (SSSR count). The number of anilines is 1. The van der Waals surface area contributed by atoms with Crippen molar-refractivity contribution in [3.05, 3.63) is 51.9 Å². The van der Waals surface area contributed by atoms with Crippen LogP contribution in [0.1, 0.15) is 5.56 Å². The van der Waals surface area contributed by atoms with Crippen molar-refractivity contribution >= 4 is 17.2 Å². The predicted octanol–water partition coefficient (Wildman–Crippen LogP) is -0.314. The lowest BCUT2D eigenvalue weighted by Gasteiger charge is -2.27. The first-order valence-electron chi connectivity index (χ1n) is 8.66. The average Bonchev–Trinajstić information content (AvgIpc) is 3.32. The molecule has 1 aliphatic rings. The maximum absolute atomic E-state index is 12.7. The SMILES string of the molecule is O=c1n(C[NH+]2CCN(c3ccc(C(F)(F)F)c[nH+]3)CC2)nnn1-c1cccs1. The number of quaternary nitrogens is 1. The smallest absolute Gasteiger partial charge is 0.310 e. The maximum Gasteiger partial charge on any atom is 0.419 e. The second-order valence-electron chi connectivity index (χ2n) is 6.48. The van der Waals surface area contributed by atoms with Gasteiger partial charge in [-0.2, -0.15) is 13.2 Å². The van der Waals surface area contributed by atoms with Crippen LogP contribution in [0.3, 0.4) is 0 Å². The summed E-state index contributed by atoms with van der Waals surface area (Å²) in [7, 11) is 0. The second kappa shape index (κ2) is 7.36. The quantitative estimate of drug-likeness (QED) is 0.637. The van der Waals surface area contributed by atoms with Gasteiger partial charge in [0.2, 0.25) is 0 Å². The van der Waals surface area contributed by atoms with E-state index in [1.807, 2.05) is 16.3 Å². The molecule has 0 bridgehead atoms. The van der Waals surface area contributed by atoms with Crippen LogP contribution in [0.15, 0.2) is 40.6 Å². The summed E-state index contributed by atoms with van der Waals surface area (Å²) in [4.78, 5) is 18.3. The molecule has 0 aliphatic carbocycles. The number of piperazine rings is 1. The first-order chi connectivity index (χ1) is 13.4. The van der Waals surface area contributed by atoms with Crippen molar-refractivity contribution in [2.45, 2.75) is 12.8 Å². The molecule has 3 aromatic rings. The number of hydrogen-bond donors (Lipinski definition) is 1. The third-order valence-electron chi connectivity index (χ3n) is 4.66. The highest BCUT2D eigenvalue weighted by atomic mass is 32.1. The Morgan fingerprint density at radius 3 is 2.57 bits per heavy atom. The molecule has 1 aliphatic heterocycles. The number of nitrogens with one attached hydrogen (secondary N) is 2. The zero-order valence-corrected chi connectivity index (χ0v) is 15.5. The minimum atomic E-state index is -4.36. The molecule has 4 heterocycles. The van der Waals surface area contributed by atoms with E-state index >= 15 is 0 Å². The number of thiophene rings is 1. The van der Waals surface area contributed by atoms with E-state index in [4.69, 9.17) is 0 Å². The number of aromatic amines is 1. The number of aromatic nitrogens is 5. The lowest BCUT2D eigenvalue weighted by Crippen LogP contribution is -3.14. The average molecular weight is 413 g/mol. The lowest BCUT2D eigenvalue weighted by molar-refractivity contribution is -0.924. The monoisotopic (exact) mass is 413 g/mol. The summed E-state index contributed by atoms with van der Waals surface area (Å²) in [5.74, 6) is 0.646. The van der Waals surface area contributed by atoms with Gasteiger partial charge in [-0.3, -0.25) is 4.90 Å². The van der Waals surface area contributed by atoms with Crippen LogP contribution in [-0.2, 0) is 12.8 Å². The first kappa shape index (κ1) is 18.6. The Balaban J connectivity index is 1.37. The normalized spacial score (nSPS) is 15.9. The Morgan fingerprint density at radius 2 is 1.96 bits per heavy atom. The zero-order chi connectivity index (χ0) is 19.7. The molecule has 0 spiro atoms. The molecule has 0 unspecified atom stereocenters. The van der Waals surface area contributed by atoms with Crippen LogP contribution in [0.25, 0.3) is 5.00 Å². The van der Waals surface area contributed by atoms with Crippen molar-refractivity contribution in [2.24, 2.45) is 0 Å². The number of alkyl halides is 3. The van der Waals surface area contributed by atoms with Gasteiger partial charge in [0.25, 0.3) is 5.82 Å². The topological polar surface area (TPSA) is 74.5 Å². The molecule has 0 radical (unpaired) electrons. The molecule has 28 heavy (non-hydrogen) atoms. The van der Waals surface area contributed by atoms with E-state index in [-0.39, 0.29) is 5.69 Å². The Morgan fingerprint density at radius 1 is 1.18 bits per heavy atom. The van der Waals surface area contributed by atoms with Gasteiger partial charge in [-0.25, -0.2) is 9.78 Å². The van der Waals surface area contributed by atoms with Crippen molar-refractivity contribution in [1.82, 2.24) is 19.8 Å². The second-order valence-corrected chi connectivity index (χ2v) is 7.41. The van der Waals surface area contributed by atoms with E-state index in [2.05, 4.69) is 15.4 Å². The van der Waals surface area contributed by atoms with Crippen molar-refractivity contribution in [2.75, 3.05) is 31.1 Å². The lowest BCUT2D eigenvalue weighted by atomic mass is 10.2. The van der Waals surface area contributed by atoms with Crippen molar-refractivity contribution in [3.8, 4) is 5.00 Å². The maximum atomic E-state index is 12.7. The van der Waals surface area contributed by atoms with Gasteiger partial charge in [-0.05, 0) is 34.0 Å². The summed E-state index contributed by atoms with van der Waals surface area (Å²) in [6, 6.07) is 6.17. The number of nitrogens with zero attached hydrogens (tertiary/aromatic N) is 5. The van der Waals surface area contributed by atoms with Crippen LogP contribution >= 0.6 is 11.3 Å². The Kier molecular flexibility index (Phi) is 4.89. The largest absolute Gasteiger partial charge is 0.419 e. The fraction of sp³-hybridized carbons (Fsp3) is 0.375. The predicted molar refractivity (Wildman–Crippen MR) is 94.4 cm³/mol. The van der Waals surface area contributed by atoms with Crippen LogP contribution in [0.5, 0.6) is 0 Å². The van der Waals surface area contributed by atoms with Gasteiger partial charge in [0, 0.05) is 6.07 Å². The number of H-pyrrole nitrogens is 1. The van der Waals surface area contributed by atoms with Gasteiger partial charge in [0.1, 0.15) is 37.4 Å². The molecule has 1 saturated heterocycles. The highest BCUT2D eigenvalue weighted by molar-refractivity contribution is 7.12. The number of hydrogen-bond acceptors (Lipinski definition) is 5. The van der Waals surface area contributed by atoms with Crippen LogP contribution in [0, 0.1) is 0 Å². The molecule has 8 nitrogen and oxygen atoms in total. The minimum Gasteiger partial charge on any atom is -0.310 e. The summed E-state index contributed by atoms with van der Waals surface area (Å²) >= 11 is 1.41. The highest BCUT2D eigenvalue weighted by Crippen LogP contribution is 2.28. The zero-order valence-electron chi connectivity index (χ0n) is 14.7. The van der Waals surface area contributed by atoms with Gasteiger partial charge < -0.3 is 4.90 Å². The number of halogens is 3. The van der Waals surface area contributed by atoms with E-state index < -0.39 is 11.7 Å². The van der Waals surface area contributed by atoms with Crippen molar-refractivity contribution < 1.29 is 23.1 Å². The molecule has 12 heteroatoms. The summed E-state index contributed by atoms with van der Waals surface area (Å²) in [5.41, 5.74) is -0.984. The first-order valence-corrected chi connectivity index (χ1v) is 9.54. The van der Waals surface area contributed by atoms with Crippen LogP contribution in [-0.4, -0.2) is 46.0 Å². The highest BCUT2D eigenvalue weighted by Gasteiger charge is 2.33. The molecule has 0 atom stereocenters. The van der Waals surface area contributed by atoms with E-state index in [1.165, 1.54) is 26.8 Å². The van der Waals surface area contributed by atoms with E-state index in [9.17, 15) is 18.0 Å². The molecule has 1 fully saturated rings. The molecule has 3 aromatic heterocycles. The third kappa shape index (κ3) is 3.78. The third-order valence-corrected chi connectivity index (χ3v) is 5.51. The van der Waals surface area contributed by atoms with Gasteiger partial charge >= 0.3 is 11.9 Å². The van der Waals surface area contributed by atoms with E-state index in [0.29, 0.717) is 30.6 Å². The fourth-order valence-electron chi connectivity index (χ4n) is 3.13. The van der Waals surface area contributed by atoms with Crippen LogP contribution in [0.2, 0.25) is 0 Å².